The first kappa shape index (κ1) is 14.0. The van der Waals surface area contributed by atoms with E-state index in [-0.39, 0.29) is 18.4 Å². The minimum absolute atomic E-state index is 0.000165. The van der Waals surface area contributed by atoms with Crippen molar-refractivity contribution in [1.29, 1.82) is 0 Å². The van der Waals surface area contributed by atoms with Gasteiger partial charge >= 0.3 is 5.97 Å². The van der Waals surface area contributed by atoms with Crippen molar-refractivity contribution >= 4 is 11.9 Å². The summed E-state index contributed by atoms with van der Waals surface area (Å²) in [7, 11) is 0. The fraction of sp³-hybridized carbons (Fsp3) is 0.833. The van der Waals surface area contributed by atoms with Crippen LogP contribution in [0.15, 0.2) is 0 Å². The van der Waals surface area contributed by atoms with Crippen LogP contribution in [0.4, 0.5) is 0 Å². The number of amides is 1. The average Bonchev–Trinajstić information content (AvgIpc) is 2.34. The molecule has 0 aliphatic carbocycles. The third-order valence-electron chi connectivity index (χ3n) is 3.18. The van der Waals surface area contributed by atoms with Gasteiger partial charge in [-0.15, -0.1) is 0 Å². The molecule has 0 aromatic carbocycles. The van der Waals surface area contributed by atoms with Gasteiger partial charge < -0.3 is 15.7 Å². The highest BCUT2D eigenvalue weighted by molar-refractivity contribution is 5.80. The third kappa shape index (κ3) is 4.73. The molecule has 1 aliphatic rings. The van der Waals surface area contributed by atoms with Gasteiger partial charge in [0.25, 0.3) is 0 Å². The number of carboxylic acid groups (broad SMARTS) is 1. The predicted octanol–water partition coefficient (Wildman–Crippen LogP) is 0.603. The van der Waals surface area contributed by atoms with E-state index < -0.39 is 11.9 Å². The van der Waals surface area contributed by atoms with E-state index >= 15 is 0 Å². The first-order valence-electron chi connectivity index (χ1n) is 6.36. The minimum atomic E-state index is -0.825. The van der Waals surface area contributed by atoms with Gasteiger partial charge in [0.15, 0.2) is 0 Å². The molecule has 5 heteroatoms. The monoisotopic (exact) mass is 242 g/mol. The molecule has 0 aromatic heterocycles. The zero-order valence-corrected chi connectivity index (χ0v) is 10.4. The van der Waals surface area contributed by atoms with Crippen LogP contribution < -0.4 is 10.6 Å². The Kier molecular flexibility index (Phi) is 5.97. The molecule has 5 nitrogen and oxygen atoms in total. The van der Waals surface area contributed by atoms with Crippen molar-refractivity contribution < 1.29 is 14.7 Å². The second kappa shape index (κ2) is 7.27. The maximum atomic E-state index is 11.8. The quantitative estimate of drug-likeness (QED) is 0.637. The molecule has 1 saturated heterocycles. The fourth-order valence-corrected chi connectivity index (χ4v) is 2.11. The van der Waals surface area contributed by atoms with Crippen molar-refractivity contribution in [1.82, 2.24) is 10.6 Å². The molecule has 98 valence electrons. The van der Waals surface area contributed by atoms with E-state index in [0.717, 1.165) is 25.8 Å². The molecular formula is C12H22N2O3. The number of carbonyl (C=O) groups is 2. The highest BCUT2D eigenvalue weighted by atomic mass is 16.4. The molecule has 1 rings (SSSR count). The zero-order valence-electron chi connectivity index (χ0n) is 10.4. The Hall–Kier alpha value is -1.10. The maximum Gasteiger partial charge on any atom is 0.308 e. The lowest BCUT2D eigenvalue weighted by atomic mass is 9.98. The third-order valence-corrected chi connectivity index (χ3v) is 3.18. The molecule has 0 saturated carbocycles. The molecule has 1 heterocycles. The van der Waals surface area contributed by atoms with Crippen molar-refractivity contribution in [2.24, 2.45) is 11.8 Å². The van der Waals surface area contributed by atoms with Crippen LogP contribution in [-0.4, -0.2) is 36.6 Å². The molecule has 3 N–H and O–H groups in total. The van der Waals surface area contributed by atoms with Crippen molar-refractivity contribution in [2.75, 3.05) is 19.6 Å². The number of piperidine rings is 1. The lowest BCUT2D eigenvalue weighted by Gasteiger charge is -2.22. The number of carboxylic acids is 1. The molecule has 1 fully saturated rings. The zero-order chi connectivity index (χ0) is 12.7. The van der Waals surface area contributed by atoms with Crippen LogP contribution in [0, 0.1) is 11.8 Å². The molecule has 0 radical (unpaired) electrons. The molecule has 1 unspecified atom stereocenters. The van der Waals surface area contributed by atoms with Gasteiger partial charge in [-0.3, -0.25) is 9.59 Å². The molecule has 1 amide bonds. The van der Waals surface area contributed by atoms with E-state index in [1.165, 1.54) is 0 Å². The first-order valence-corrected chi connectivity index (χ1v) is 6.36. The normalized spacial score (nSPS) is 21.8. The number of aliphatic carboxylic acids is 1. The summed E-state index contributed by atoms with van der Waals surface area (Å²) < 4.78 is 0. The lowest BCUT2D eigenvalue weighted by molar-refractivity contribution is -0.142. The highest BCUT2D eigenvalue weighted by Crippen LogP contribution is 2.11. The predicted molar refractivity (Wildman–Crippen MR) is 64.6 cm³/mol. The average molecular weight is 242 g/mol. The molecule has 0 aromatic rings. The van der Waals surface area contributed by atoms with Gasteiger partial charge in [0.2, 0.25) is 5.91 Å². The minimum Gasteiger partial charge on any atom is -0.481 e. The summed E-state index contributed by atoms with van der Waals surface area (Å²) in [5, 5.41) is 14.9. The van der Waals surface area contributed by atoms with Crippen LogP contribution in [0.25, 0.3) is 0 Å². The molecule has 0 spiro atoms. The van der Waals surface area contributed by atoms with Gasteiger partial charge in [0.1, 0.15) is 0 Å². The van der Waals surface area contributed by atoms with E-state index in [0.29, 0.717) is 13.0 Å². The van der Waals surface area contributed by atoms with Gasteiger partial charge in [0.05, 0.1) is 11.8 Å². The van der Waals surface area contributed by atoms with Crippen LogP contribution in [0.3, 0.4) is 0 Å². The van der Waals surface area contributed by atoms with Crippen molar-refractivity contribution in [3.05, 3.63) is 0 Å². The topological polar surface area (TPSA) is 78.4 Å². The van der Waals surface area contributed by atoms with Gasteiger partial charge in [-0.2, -0.15) is 0 Å². The number of carbonyl (C=O) groups excluding carboxylic acids is 1. The van der Waals surface area contributed by atoms with E-state index in [4.69, 9.17) is 5.11 Å². The summed E-state index contributed by atoms with van der Waals surface area (Å²) in [6, 6.07) is 0. The summed E-state index contributed by atoms with van der Waals surface area (Å²) in [6.07, 6.45) is 3.33. The Labute approximate surface area is 102 Å². The Morgan fingerprint density at radius 1 is 1.53 bits per heavy atom. The molecule has 17 heavy (non-hydrogen) atoms. The van der Waals surface area contributed by atoms with Crippen molar-refractivity contribution in [3.8, 4) is 0 Å². The Bertz CT molecular complexity index is 262. The number of rotatable bonds is 6. The van der Waals surface area contributed by atoms with Gasteiger partial charge in [-0.1, -0.05) is 13.3 Å². The second-order valence-electron chi connectivity index (χ2n) is 4.61. The SMILES string of the molecule is CCCC(CNC(=O)[C@@H]1CCCNC1)C(=O)O. The van der Waals surface area contributed by atoms with E-state index in [2.05, 4.69) is 10.6 Å². The van der Waals surface area contributed by atoms with E-state index in [1.54, 1.807) is 0 Å². The van der Waals surface area contributed by atoms with Crippen LogP contribution in [0.2, 0.25) is 0 Å². The second-order valence-corrected chi connectivity index (χ2v) is 4.61. The number of hydrogen-bond acceptors (Lipinski definition) is 3. The first-order chi connectivity index (χ1) is 8.15. The van der Waals surface area contributed by atoms with Gasteiger partial charge in [-0.05, 0) is 25.8 Å². The summed E-state index contributed by atoms with van der Waals surface area (Å²) in [5.74, 6) is -1.30. The fourth-order valence-electron chi connectivity index (χ4n) is 2.11. The Balaban J connectivity index is 2.32. The standard InChI is InChI=1S/C12H22N2O3/c1-2-4-10(12(16)17)8-14-11(15)9-5-3-6-13-7-9/h9-10,13H,2-8H2,1H3,(H,14,15)(H,16,17)/t9-,10?/m1/s1. The van der Waals surface area contributed by atoms with Crippen molar-refractivity contribution in [2.45, 2.75) is 32.6 Å². The summed E-state index contributed by atoms with van der Waals surface area (Å²) in [5.41, 5.74) is 0. The largest absolute Gasteiger partial charge is 0.481 e. The molecular weight excluding hydrogens is 220 g/mol. The lowest BCUT2D eigenvalue weighted by Crippen LogP contribution is -2.42. The van der Waals surface area contributed by atoms with E-state index in [9.17, 15) is 9.59 Å². The molecule has 1 aliphatic heterocycles. The van der Waals surface area contributed by atoms with Gasteiger partial charge in [-0.25, -0.2) is 0 Å². The molecule has 2 atom stereocenters. The van der Waals surface area contributed by atoms with Gasteiger partial charge in [0, 0.05) is 13.1 Å². The summed E-state index contributed by atoms with van der Waals surface area (Å²) in [6.45, 7) is 3.87. The van der Waals surface area contributed by atoms with Crippen LogP contribution >= 0.6 is 0 Å². The molecule has 0 bridgehead atoms. The van der Waals surface area contributed by atoms with Crippen molar-refractivity contribution in [3.63, 3.8) is 0 Å². The Morgan fingerprint density at radius 2 is 2.29 bits per heavy atom. The van der Waals surface area contributed by atoms with Crippen LogP contribution in [0.5, 0.6) is 0 Å². The summed E-state index contributed by atoms with van der Waals surface area (Å²) in [4.78, 5) is 22.7. The number of nitrogens with one attached hydrogen (secondary N) is 2. The van der Waals surface area contributed by atoms with E-state index in [1.807, 2.05) is 6.92 Å². The number of hydrogen-bond donors (Lipinski definition) is 3. The van der Waals surface area contributed by atoms with Crippen LogP contribution in [0.1, 0.15) is 32.6 Å². The van der Waals surface area contributed by atoms with Crippen LogP contribution in [-0.2, 0) is 9.59 Å². The highest BCUT2D eigenvalue weighted by Gasteiger charge is 2.23. The Morgan fingerprint density at radius 3 is 2.82 bits per heavy atom. The summed E-state index contributed by atoms with van der Waals surface area (Å²) >= 11 is 0. The smallest absolute Gasteiger partial charge is 0.308 e. The maximum absolute atomic E-state index is 11.8.